The number of aromatic carboxylic acids is 1. The largest absolute Gasteiger partial charge is 0.478 e. The molecule has 0 saturated heterocycles. The maximum Gasteiger partial charge on any atom is 0.335 e. The maximum absolute atomic E-state index is 11.7. The third-order valence-corrected chi connectivity index (χ3v) is 2.70. The van der Waals surface area contributed by atoms with Crippen LogP contribution in [0.15, 0.2) is 42.7 Å². The van der Waals surface area contributed by atoms with Crippen molar-refractivity contribution in [2.24, 2.45) is 0 Å². The number of carboxylic acid groups (broad SMARTS) is 1. The van der Waals surface area contributed by atoms with Crippen molar-refractivity contribution in [1.29, 1.82) is 0 Å². The van der Waals surface area contributed by atoms with Gasteiger partial charge in [0.05, 0.1) is 28.2 Å². The van der Waals surface area contributed by atoms with E-state index in [1.54, 1.807) is 18.3 Å². The second-order valence-corrected chi connectivity index (χ2v) is 4.23. The number of carbonyl (C=O) groups is 2. The van der Waals surface area contributed by atoms with Crippen molar-refractivity contribution in [2.45, 2.75) is 0 Å². The standard InChI is InChI=1S/C13H10ClN3O3/c14-10-6-8(12(18)19)3-4-11(10)17-13(20)16-9-2-1-5-15-7-9/h1-7H,(H,18,19)(H2,16,17,20). The zero-order valence-corrected chi connectivity index (χ0v) is 10.9. The molecular weight excluding hydrogens is 282 g/mol. The van der Waals surface area contributed by atoms with Crippen molar-refractivity contribution in [3.8, 4) is 0 Å². The van der Waals surface area contributed by atoms with Crippen molar-refractivity contribution in [3.63, 3.8) is 0 Å². The van der Waals surface area contributed by atoms with Crippen LogP contribution in [0.1, 0.15) is 10.4 Å². The first-order valence-electron chi connectivity index (χ1n) is 5.57. The topological polar surface area (TPSA) is 91.3 Å². The van der Waals surface area contributed by atoms with Crippen molar-refractivity contribution < 1.29 is 14.7 Å². The van der Waals surface area contributed by atoms with Crippen molar-refractivity contribution in [2.75, 3.05) is 10.6 Å². The number of hydrogen-bond donors (Lipinski definition) is 3. The Morgan fingerprint density at radius 2 is 2.00 bits per heavy atom. The van der Waals surface area contributed by atoms with Crippen LogP contribution < -0.4 is 10.6 Å². The van der Waals surface area contributed by atoms with Gasteiger partial charge in [-0.1, -0.05) is 11.6 Å². The molecule has 0 saturated carbocycles. The molecule has 1 aromatic heterocycles. The minimum atomic E-state index is -1.08. The summed E-state index contributed by atoms with van der Waals surface area (Å²) < 4.78 is 0. The number of urea groups is 1. The quantitative estimate of drug-likeness (QED) is 0.810. The van der Waals surface area contributed by atoms with Crippen LogP contribution in [0, 0.1) is 0 Å². The molecule has 2 amide bonds. The van der Waals surface area contributed by atoms with Crippen LogP contribution in [0.5, 0.6) is 0 Å². The Bertz CT molecular complexity index is 647. The van der Waals surface area contributed by atoms with Crippen LogP contribution >= 0.6 is 11.6 Å². The van der Waals surface area contributed by atoms with Crippen LogP contribution in [-0.2, 0) is 0 Å². The first-order chi connectivity index (χ1) is 9.56. The first-order valence-corrected chi connectivity index (χ1v) is 5.95. The molecule has 0 aliphatic rings. The highest BCUT2D eigenvalue weighted by atomic mass is 35.5. The van der Waals surface area contributed by atoms with Gasteiger partial charge in [-0.2, -0.15) is 0 Å². The highest BCUT2D eigenvalue weighted by Gasteiger charge is 2.09. The van der Waals surface area contributed by atoms with Gasteiger partial charge in [0.1, 0.15) is 0 Å². The van der Waals surface area contributed by atoms with E-state index in [1.165, 1.54) is 24.4 Å². The molecule has 0 radical (unpaired) electrons. The monoisotopic (exact) mass is 291 g/mol. The third-order valence-electron chi connectivity index (χ3n) is 2.38. The molecule has 0 aliphatic carbocycles. The molecule has 0 unspecified atom stereocenters. The minimum absolute atomic E-state index is 0.0493. The summed E-state index contributed by atoms with van der Waals surface area (Å²) in [5.41, 5.74) is 0.898. The number of hydrogen-bond acceptors (Lipinski definition) is 3. The van der Waals surface area contributed by atoms with Gasteiger partial charge >= 0.3 is 12.0 Å². The molecule has 20 heavy (non-hydrogen) atoms. The van der Waals surface area contributed by atoms with Crippen molar-refractivity contribution in [1.82, 2.24) is 4.98 Å². The molecule has 102 valence electrons. The molecule has 0 fully saturated rings. The Morgan fingerprint density at radius 3 is 2.60 bits per heavy atom. The zero-order valence-electron chi connectivity index (χ0n) is 10.1. The molecule has 0 spiro atoms. The summed E-state index contributed by atoms with van der Waals surface area (Å²) in [5, 5.41) is 14.0. The van der Waals surface area contributed by atoms with Crippen LogP contribution in [0.2, 0.25) is 5.02 Å². The highest BCUT2D eigenvalue weighted by molar-refractivity contribution is 6.34. The van der Waals surface area contributed by atoms with Crippen molar-refractivity contribution in [3.05, 3.63) is 53.3 Å². The fourth-order valence-electron chi connectivity index (χ4n) is 1.47. The Balaban J connectivity index is 2.06. The highest BCUT2D eigenvalue weighted by Crippen LogP contribution is 2.23. The summed E-state index contributed by atoms with van der Waals surface area (Å²) in [6, 6.07) is 6.92. The lowest BCUT2D eigenvalue weighted by molar-refractivity contribution is 0.0697. The summed E-state index contributed by atoms with van der Waals surface area (Å²) in [5.74, 6) is -1.08. The Labute approximate surface area is 119 Å². The maximum atomic E-state index is 11.7. The molecule has 1 heterocycles. The lowest BCUT2D eigenvalue weighted by atomic mass is 10.2. The number of rotatable bonds is 3. The van der Waals surface area contributed by atoms with Gasteiger partial charge in [0, 0.05) is 6.20 Å². The van der Waals surface area contributed by atoms with Gasteiger partial charge in [-0.25, -0.2) is 9.59 Å². The molecule has 3 N–H and O–H groups in total. The van der Waals surface area contributed by atoms with E-state index >= 15 is 0 Å². The predicted octanol–water partition coefficient (Wildman–Crippen LogP) is 3.08. The summed E-state index contributed by atoms with van der Waals surface area (Å²) in [7, 11) is 0. The molecule has 0 atom stereocenters. The number of anilines is 2. The van der Waals surface area contributed by atoms with Crippen molar-refractivity contribution >= 4 is 35.0 Å². The molecule has 6 nitrogen and oxygen atoms in total. The van der Waals surface area contributed by atoms with E-state index in [-0.39, 0.29) is 10.6 Å². The van der Waals surface area contributed by atoms with Gasteiger partial charge in [-0.3, -0.25) is 4.98 Å². The zero-order chi connectivity index (χ0) is 14.5. The van der Waals surface area contributed by atoms with Gasteiger partial charge in [0.15, 0.2) is 0 Å². The lowest BCUT2D eigenvalue weighted by Crippen LogP contribution is -2.19. The molecule has 2 rings (SSSR count). The minimum Gasteiger partial charge on any atom is -0.478 e. The second-order valence-electron chi connectivity index (χ2n) is 3.82. The Morgan fingerprint density at radius 1 is 1.20 bits per heavy atom. The van der Waals surface area contributed by atoms with E-state index in [9.17, 15) is 9.59 Å². The van der Waals surface area contributed by atoms with Gasteiger partial charge in [-0.15, -0.1) is 0 Å². The van der Waals surface area contributed by atoms with Gasteiger partial charge < -0.3 is 15.7 Å². The molecule has 0 aliphatic heterocycles. The van der Waals surface area contributed by atoms with Crippen LogP contribution in [0.4, 0.5) is 16.2 Å². The lowest BCUT2D eigenvalue weighted by Gasteiger charge is -2.09. The Hall–Kier alpha value is -2.60. The Kier molecular flexibility index (Phi) is 4.17. The normalized spacial score (nSPS) is 9.85. The number of halogens is 1. The molecule has 2 aromatic rings. The average Bonchev–Trinajstić information content (AvgIpc) is 2.42. The number of carbonyl (C=O) groups excluding carboxylic acids is 1. The fraction of sp³-hybridized carbons (Fsp3) is 0. The smallest absolute Gasteiger partial charge is 0.335 e. The van der Waals surface area contributed by atoms with E-state index in [0.717, 1.165) is 0 Å². The van der Waals surface area contributed by atoms with E-state index in [0.29, 0.717) is 11.4 Å². The number of benzene rings is 1. The van der Waals surface area contributed by atoms with Crippen LogP contribution in [0.3, 0.4) is 0 Å². The number of amides is 2. The van der Waals surface area contributed by atoms with E-state index in [1.807, 2.05) is 0 Å². The SMILES string of the molecule is O=C(Nc1cccnc1)Nc1ccc(C(=O)O)cc1Cl. The molecular formula is C13H10ClN3O3. The molecule has 0 bridgehead atoms. The van der Waals surface area contributed by atoms with Crippen LogP contribution in [0.25, 0.3) is 0 Å². The van der Waals surface area contributed by atoms with E-state index in [2.05, 4.69) is 15.6 Å². The van der Waals surface area contributed by atoms with Crippen LogP contribution in [-0.4, -0.2) is 22.1 Å². The number of pyridine rings is 1. The summed E-state index contributed by atoms with van der Waals surface area (Å²) >= 11 is 5.90. The second kappa shape index (κ2) is 6.03. The van der Waals surface area contributed by atoms with E-state index in [4.69, 9.17) is 16.7 Å². The molecule has 1 aromatic carbocycles. The van der Waals surface area contributed by atoms with Gasteiger partial charge in [-0.05, 0) is 30.3 Å². The third kappa shape index (κ3) is 3.46. The van der Waals surface area contributed by atoms with E-state index < -0.39 is 12.0 Å². The summed E-state index contributed by atoms with van der Waals surface area (Å²) in [6.07, 6.45) is 3.08. The first kappa shape index (κ1) is 13.8. The number of nitrogens with one attached hydrogen (secondary N) is 2. The summed E-state index contributed by atoms with van der Waals surface area (Å²) in [6.45, 7) is 0. The molecule has 7 heteroatoms. The number of aromatic nitrogens is 1. The number of nitrogens with zero attached hydrogens (tertiary/aromatic N) is 1. The fourth-order valence-corrected chi connectivity index (χ4v) is 1.70. The predicted molar refractivity (Wildman–Crippen MR) is 75.3 cm³/mol. The van der Waals surface area contributed by atoms with Gasteiger partial charge in [0.2, 0.25) is 0 Å². The van der Waals surface area contributed by atoms with Gasteiger partial charge in [0.25, 0.3) is 0 Å². The number of carboxylic acids is 1. The summed E-state index contributed by atoms with van der Waals surface area (Å²) in [4.78, 5) is 26.3. The average molecular weight is 292 g/mol.